The summed E-state index contributed by atoms with van der Waals surface area (Å²) in [5.74, 6) is 0.380. The van der Waals surface area contributed by atoms with Crippen molar-refractivity contribution < 1.29 is 4.79 Å². The van der Waals surface area contributed by atoms with Gasteiger partial charge in [-0.2, -0.15) is 0 Å². The predicted octanol–water partition coefficient (Wildman–Crippen LogP) is 5.32. The van der Waals surface area contributed by atoms with Gasteiger partial charge < -0.3 is 4.57 Å². The van der Waals surface area contributed by atoms with Crippen LogP contribution >= 0.6 is 11.8 Å². The highest BCUT2D eigenvalue weighted by atomic mass is 32.2. The number of thioether (sulfide) groups is 1. The maximum absolute atomic E-state index is 12.6. The predicted molar refractivity (Wildman–Crippen MR) is 119 cm³/mol. The van der Waals surface area contributed by atoms with Gasteiger partial charge in [0.25, 0.3) is 0 Å². The van der Waals surface area contributed by atoms with Crippen LogP contribution in [0.4, 0.5) is 0 Å². The molecule has 0 spiro atoms. The van der Waals surface area contributed by atoms with Gasteiger partial charge in [0.15, 0.2) is 11.4 Å². The van der Waals surface area contributed by atoms with Crippen molar-refractivity contribution in [2.45, 2.75) is 44.8 Å². The molecule has 2 aromatic carbocycles. The average Bonchev–Trinajstić information content (AvgIpc) is 3.09. The lowest BCUT2D eigenvalue weighted by Crippen LogP contribution is -2.04. The molecule has 0 bridgehead atoms. The zero-order chi connectivity index (χ0) is 20.2. The Hall–Kier alpha value is -2.73. The van der Waals surface area contributed by atoms with Crippen LogP contribution in [0.3, 0.4) is 0 Å². The van der Waals surface area contributed by atoms with Crippen molar-refractivity contribution in [1.82, 2.24) is 19.7 Å². The van der Waals surface area contributed by atoms with Crippen LogP contribution in [0, 0.1) is 0 Å². The Morgan fingerprint density at radius 3 is 2.59 bits per heavy atom. The minimum Gasteiger partial charge on any atom is -0.324 e. The first-order chi connectivity index (χ1) is 14.2. The number of carbonyl (C=O) groups is 1. The summed E-state index contributed by atoms with van der Waals surface area (Å²) >= 11 is 1.34. The lowest BCUT2D eigenvalue weighted by atomic mass is 10.1. The van der Waals surface area contributed by atoms with E-state index in [1.54, 1.807) is 0 Å². The van der Waals surface area contributed by atoms with Crippen LogP contribution in [0.1, 0.15) is 42.6 Å². The summed E-state index contributed by atoms with van der Waals surface area (Å²) in [6.45, 7) is 5.08. The van der Waals surface area contributed by atoms with Gasteiger partial charge in [0, 0.05) is 17.5 Å². The van der Waals surface area contributed by atoms with E-state index in [2.05, 4.69) is 46.8 Å². The third kappa shape index (κ3) is 4.03. The third-order valence-electron chi connectivity index (χ3n) is 5.10. The summed E-state index contributed by atoms with van der Waals surface area (Å²) < 4.78 is 2.14. The quantitative estimate of drug-likeness (QED) is 0.294. The molecule has 0 unspecified atom stereocenters. The van der Waals surface area contributed by atoms with Gasteiger partial charge in [-0.15, -0.1) is 10.2 Å². The van der Waals surface area contributed by atoms with E-state index in [9.17, 15) is 4.79 Å². The first kappa shape index (κ1) is 19.6. The molecule has 4 rings (SSSR count). The molecule has 0 aliphatic heterocycles. The number of unbranched alkanes of at least 4 members (excludes halogenated alkanes) is 1. The summed E-state index contributed by atoms with van der Waals surface area (Å²) in [5, 5.41) is 10.2. The fraction of sp³-hybridized carbons (Fsp3) is 0.304. The second-order valence-electron chi connectivity index (χ2n) is 7.04. The lowest BCUT2D eigenvalue weighted by Gasteiger charge is -2.04. The molecule has 0 radical (unpaired) electrons. The van der Waals surface area contributed by atoms with E-state index >= 15 is 0 Å². The van der Waals surface area contributed by atoms with Gasteiger partial charge in [-0.05, 0) is 31.4 Å². The van der Waals surface area contributed by atoms with E-state index in [0.29, 0.717) is 10.9 Å². The van der Waals surface area contributed by atoms with Crippen molar-refractivity contribution in [1.29, 1.82) is 0 Å². The Morgan fingerprint density at radius 1 is 1.03 bits per heavy atom. The molecule has 0 atom stereocenters. The maximum Gasteiger partial charge on any atom is 0.211 e. The van der Waals surface area contributed by atoms with Gasteiger partial charge in [0.1, 0.15) is 5.52 Å². The van der Waals surface area contributed by atoms with Crippen molar-refractivity contribution in [3.05, 3.63) is 59.7 Å². The van der Waals surface area contributed by atoms with E-state index in [0.717, 1.165) is 40.6 Å². The number of para-hydroxylation sites is 1. The van der Waals surface area contributed by atoms with E-state index in [1.807, 2.05) is 30.3 Å². The molecule has 148 valence electrons. The Labute approximate surface area is 174 Å². The van der Waals surface area contributed by atoms with Gasteiger partial charge in [-0.1, -0.05) is 67.6 Å². The van der Waals surface area contributed by atoms with Crippen LogP contribution in [0.15, 0.2) is 53.7 Å². The molecular weight excluding hydrogens is 380 g/mol. The summed E-state index contributed by atoms with van der Waals surface area (Å²) in [5.41, 5.74) is 4.74. The van der Waals surface area contributed by atoms with E-state index in [1.165, 1.54) is 30.2 Å². The number of rotatable bonds is 8. The number of hydrogen-bond acceptors (Lipinski definition) is 5. The van der Waals surface area contributed by atoms with Crippen LogP contribution < -0.4 is 0 Å². The standard InChI is InChI=1S/C23H24N4OS/c1-3-5-8-16-11-13-17(14-12-16)20(28)15-29-23-24-22-21(25-26-23)18-9-6-7-10-19(18)27(22)4-2/h6-7,9-14H,3-5,8,15H2,1-2H3. The molecule has 0 fully saturated rings. The molecule has 6 heteroatoms. The van der Waals surface area contributed by atoms with Gasteiger partial charge in [-0.25, -0.2) is 4.98 Å². The molecule has 2 aromatic heterocycles. The van der Waals surface area contributed by atoms with Gasteiger partial charge in [0.05, 0.1) is 11.3 Å². The molecule has 0 N–H and O–H groups in total. The number of benzene rings is 2. The first-order valence-corrected chi connectivity index (χ1v) is 11.1. The van der Waals surface area contributed by atoms with Gasteiger partial charge >= 0.3 is 0 Å². The highest BCUT2D eigenvalue weighted by Gasteiger charge is 2.15. The number of nitrogens with zero attached hydrogens (tertiary/aromatic N) is 4. The SMILES string of the molecule is CCCCc1ccc(C(=O)CSc2nnc3c4ccccc4n(CC)c3n2)cc1. The van der Waals surface area contributed by atoms with Crippen molar-refractivity contribution >= 4 is 39.6 Å². The van der Waals surface area contributed by atoms with Crippen molar-refractivity contribution in [2.24, 2.45) is 0 Å². The number of ketones is 1. The fourth-order valence-electron chi connectivity index (χ4n) is 3.52. The molecular formula is C23H24N4OS. The Morgan fingerprint density at radius 2 is 1.83 bits per heavy atom. The molecule has 2 heterocycles. The highest BCUT2D eigenvalue weighted by molar-refractivity contribution is 7.99. The summed E-state index contributed by atoms with van der Waals surface area (Å²) in [6.07, 6.45) is 3.40. The second-order valence-corrected chi connectivity index (χ2v) is 7.98. The highest BCUT2D eigenvalue weighted by Crippen LogP contribution is 2.27. The summed E-state index contributed by atoms with van der Waals surface area (Å²) in [7, 11) is 0. The second kappa shape index (κ2) is 8.74. The number of aryl methyl sites for hydroxylation is 2. The number of carbonyl (C=O) groups excluding carboxylic acids is 1. The van der Waals surface area contributed by atoms with Crippen LogP contribution in [-0.4, -0.2) is 31.3 Å². The number of aromatic nitrogens is 4. The fourth-order valence-corrected chi connectivity index (χ4v) is 4.20. The number of hydrogen-bond donors (Lipinski definition) is 0. The zero-order valence-corrected chi connectivity index (χ0v) is 17.6. The Balaban J connectivity index is 1.51. The smallest absolute Gasteiger partial charge is 0.211 e. The van der Waals surface area contributed by atoms with Gasteiger partial charge in [-0.3, -0.25) is 4.79 Å². The molecule has 0 saturated carbocycles. The molecule has 0 aliphatic carbocycles. The Kier molecular flexibility index (Phi) is 5.90. The maximum atomic E-state index is 12.6. The normalized spacial score (nSPS) is 11.4. The minimum atomic E-state index is 0.0803. The third-order valence-corrected chi connectivity index (χ3v) is 5.94. The number of fused-ring (bicyclic) bond motifs is 3. The van der Waals surface area contributed by atoms with E-state index < -0.39 is 0 Å². The van der Waals surface area contributed by atoms with Crippen LogP contribution in [0.2, 0.25) is 0 Å². The number of Topliss-reactive ketones (excluding diaryl/α,β-unsaturated/α-hetero) is 1. The molecule has 4 aromatic rings. The average molecular weight is 405 g/mol. The Bertz CT molecular complexity index is 1150. The minimum absolute atomic E-state index is 0.0803. The van der Waals surface area contributed by atoms with Crippen LogP contribution in [0.5, 0.6) is 0 Å². The topological polar surface area (TPSA) is 60.7 Å². The van der Waals surface area contributed by atoms with Crippen LogP contribution in [0.25, 0.3) is 22.1 Å². The molecule has 0 saturated heterocycles. The van der Waals surface area contributed by atoms with E-state index in [-0.39, 0.29) is 5.78 Å². The lowest BCUT2D eigenvalue weighted by molar-refractivity contribution is 0.102. The van der Waals surface area contributed by atoms with Gasteiger partial charge in [0.2, 0.25) is 5.16 Å². The molecule has 0 aliphatic rings. The van der Waals surface area contributed by atoms with Crippen molar-refractivity contribution in [2.75, 3.05) is 5.75 Å². The molecule has 5 nitrogen and oxygen atoms in total. The molecule has 0 amide bonds. The van der Waals surface area contributed by atoms with Crippen molar-refractivity contribution in [3.63, 3.8) is 0 Å². The monoisotopic (exact) mass is 404 g/mol. The van der Waals surface area contributed by atoms with E-state index in [4.69, 9.17) is 4.98 Å². The molecule has 29 heavy (non-hydrogen) atoms. The van der Waals surface area contributed by atoms with Crippen molar-refractivity contribution in [3.8, 4) is 0 Å². The summed E-state index contributed by atoms with van der Waals surface area (Å²) in [6, 6.07) is 16.1. The van der Waals surface area contributed by atoms with Crippen LogP contribution in [-0.2, 0) is 13.0 Å². The first-order valence-electron chi connectivity index (χ1n) is 10.1. The largest absolute Gasteiger partial charge is 0.324 e. The zero-order valence-electron chi connectivity index (χ0n) is 16.8. The summed E-state index contributed by atoms with van der Waals surface area (Å²) in [4.78, 5) is 17.3.